The van der Waals surface area contributed by atoms with Gasteiger partial charge >= 0.3 is 0 Å². The summed E-state index contributed by atoms with van der Waals surface area (Å²) in [5, 5.41) is 2.93. The molecule has 1 heterocycles. The molecule has 0 spiro atoms. The quantitative estimate of drug-likeness (QED) is 0.552. The number of carbonyl (C=O) groups excluding carboxylic acids is 1. The number of ether oxygens (including phenoxy) is 2. The van der Waals surface area contributed by atoms with Gasteiger partial charge in [-0.1, -0.05) is 30.7 Å². The van der Waals surface area contributed by atoms with Crippen molar-refractivity contribution in [2.75, 3.05) is 37.9 Å². The van der Waals surface area contributed by atoms with Crippen LogP contribution in [0.25, 0.3) is 0 Å². The predicted molar refractivity (Wildman–Crippen MR) is 134 cm³/mol. The normalized spacial score (nSPS) is 15.4. The van der Waals surface area contributed by atoms with E-state index in [-0.39, 0.29) is 5.91 Å². The molecule has 0 unspecified atom stereocenters. The zero-order valence-corrected chi connectivity index (χ0v) is 21.2. The summed E-state index contributed by atoms with van der Waals surface area (Å²) >= 11 is 0. The van der Waals surface area contributed by atoms with Crippen LogP contribution >= 0.6 is 0 Å². The van der Waals surface area contributed by atoms with Gasteiger partial charge in [0.2, 0.25) is 15.9 Å². The minimum Gasteiger partial charge on any atom is -0.493 e. The molecule has 1 fully saturated rings. The lowest BCUT2D eigenvalue weighted by Gasteiger charge is -2.29. The number of methoxy groups -OCH3 is 2. The van der Waals surface area contributed by atoms with Crippen molar-refractivity contribution in [1.82, 2.24) is 10.2 Å². The number of nitrogens with one attached hydrogen (secondary N) is 1. The third-order valence-corrected chi connectivity index (χ3v) is 7.37. The van der Waals surface area contributed by atoms with Crippen LogP contribution in [-0.4, -0.2) is 58.8 Å². The lowest BCUT2D eigenvalue weighted by atomic mass is 10.0. The molecule has 1 atom stereocenters. The van der Waals surface area contributed by atoms with Gasteiger partial charge in [0.15, 0.2) is 11.5 Å². The number of hydrogen-bond acceptors (Lipinski definition) is 6. The van der Waals surface area contributed by atoms with E-state index < -0.39 is 16.1 Å². The fourth-order valence-corrected chi connectivity index (χ4v) is 5.51. The number of benzene rings is 2. The summed E-state index contributed by atoms with van der Waals surface area (Å²) in [4.78, 5) is 15.5. The van der Waals surface area contributed by atoms with Crippen molar-refractivity contribution in [2.24, 2.45) is 0 Å². The van der Waals surface area contributed by atoms with Gasteiger partial charge < -0.3 is 14.8 Å². The Labute approximate surface area is 202 Å². The van der Waals surface area contributed by atoms with E-state index in [1.165, 1.54) is 39.0 Å². The third kappa shape index (κ3) is 6.42. The molecule has 1 aliphatic rings. The van der Waals surface area contributed by atoms with Crippen LogP contribution in [0.5, 0.6) is 11.5 Å². The number of hydrogen-bond donors (Lipinski definition) is 1. The molecular weight excluding hydrogens is 454 g/mol. The smallest absolute Gasteiger partial charge is 0.243 e. The summed E-state index contributed by atoms with van der Waals surface area (Å²) in [6.07, 6.45) is 4.80. The molecule has 1 saturated heterocycles. The molecule has 1 N–H and O–H groups in total. The van der Waals surface area contributed by atoms with Crippen molar-refractivity contribution >= 4 is 21.6 Å². The Bertz CT molecular complexity index is 1080. The molecule has 0 aliphatic carbocycles. The van der Waals surface area contributed by atoms with E-state index in [0.29, 0.717) is 23.7 Å². The van der Waals surface area contributed by atoms with Gasteiger partial charge in [0, 0.05) is 19.2 Å². The van der Waals surface area contributed by atoms with Gasteiger partial charge in [0.25, 0.3) is 0 Å². The first-order valence-corrected chi connectivity index (χ1v) is 13.4. The van der Waals surface area contributed by atoms with Gasteiger partial charge in [-0.15, -0.1) is 0 Å². The van der Waals surface area contributed by atoms with Gasteiger partial charge in [0.05, 0.1) is 26.2 Å². The second-order valence-electron chi connectivity index (χ2n) is 8.60. The standard InChI is InChI=1S/C25H35N3O5S/c1-19(28(34(4,30)31)22-12-13-23(32-2)24(16-22)33-3)25(29)26-17-20-10-6-7-11-21(20)18-27-14-8-5-9-15-27/h6-7,10-13,16,19H,5,8-9,14-15,17-18H2,1-4H3,(H,26,29)/t19-/m0/s1. The summed E-state index contributed by atoms with van der Waals surface area (Å²) in [6, 6.07) is 11.9. The average molecular weight is 490 g/mol. The van der Waals surface area contributed by atoms with Crippen molar-refractivity contribution in [1.29, 1.82) is 0 Å². The Balaban J connectivity index is 1.75. The molecule has 0 radical (unpaired) electrons. The maximum Gasteiger partial charge on any atom is 0.243 e. The number of likely N-dealkylation sites (tertiary alicyclic amines) is 1. The molecule has 186 valence electrons. The van der Waals surface area contributed by atoms with E-state index >= 15 is 0 Å². The highest BCUT2D eigenvalue weighted by atomic mass is 32.2. The number of sulfonamides is 1. The molecule has 2 aromatic carbocycles. The van der Waals surface area contributed by atoms with Crippen LogP contribution in [0.4, 0.5) is 5.69 Å². The number of anilines is 1. The number of piperidine rings is 1. The molecule has 34 heavy (non-hydrogen) atoms. The van der Waals surface area contributed by atoms with E-state index in [2.05, 4.69) is 16.3 Å². The minimum absolute atomic E-state index is 0.327. The van der Waals surface area contributed by atoms with E-state index in [0.717, 1.165) is 35.8 Å². The molecule has 8 nitrogen and oxygen atoms in total. The third-order valence-electron chi connectivity index (χ3n) is 6.12. The molecule has 3 rings (SSSR count). The molecule has 0 aromatic heterocycles. The highest BCUT2D eigenvalue weighted by molar-refractivity contribution is 7.92. The van der Waals surface area contributed by atoms with Gasteiger partial charge in [0.1, 0.15) is 6.04 Å². The highest BCUT2D eigenvalue weighted by Gasteiger charge is 2.30. The number of nitrogens with zero attached hydrogens (tertiary/aromatic N) is 2. The first-order valence-electron chi connectivity index (χ1n) is 11.5. The van der Waals surface area contributed by atoms with Gasteiger partial charge in [-0.2, -0.15) is 0 Å². The van der Waals surface area contributed by atoms with Crippen molar-refractivity contribution in [2.45, 2.75) is 45.3 Å². The van der Waals surface area contributed by atoms with E-state index in [9.17, 15) is 13.2 Å². The summed E-state index contributed by atoms with van der Waals surface area (Å²) in [7, 11) is -0.767. The lowest BCUT2D eigenvalue weighted by Crippen LogP contribution is -2.47. The maximum absolute atomic E-state index is 13.1. The van der Waals surface area contributed by atoms with Gasteiger partial charge in [-0.3, -0.25) is 14.0 Å². The first kappa shape index (κ1) is 25.8. The zero-order chi connectivity index (χ0) is 24.7. The van der Waals surface area contributed by atoms with Crippen LogP contribution < -0.4 is 19.1 Å². The Morgan fingerprint density at radius 2 is 1.68 bits per heavy atom. The summed E-state index contributed by atoms with van der Waals surface area (Å²) < 4.78 is 37.0. The van der Waals surface area contributed by atoms with Crippen molar-refractivity contribution in [3.63, 3.8) is 0 Å². The van der Waals surface area contributed by atoms with Gasteiger partial charge in [-0.25, -0.2) is 8.42 Å². The highest BCUT2D eigenvalue weighted by Crippen LogP contribution is 2.33. The Kier molecular flexibility index (Phi) is 8.79. The van der Waals surface area contributed by atoms with Crippen LogP contribution in [-0.2, 0) is 27.9 Å². The fourth-order valence-electron chi connectivity index (χ4n) is 4.34. The largest absolute Gasteiger partial charge is 0.493 e. The maximum atomic E-state index is 13.1. The molecule has 0 bridgehead atoms. The van der Waals surface area contributed by atoms with Crippen molar-refractivity contribution < 1.29 is 22.7 Å². The van der Waals surface area contributed by atoms with E-state index in [4.69, 9.17) is 9.47 Å². The topological polar surface area (TPSA) is 88.2 Å². The number of rotatable bonds is 10. The van der Waals surface area contributed by atoms with E-state index in [1.54, 1.807) is 25.1 Å². The Morgan fingerprint density at radius 3 is 2.29 bits per heavy atom. The second kappa shape index (κ2) is 11.6. The molecule has 0 saturated carbocycles. The monoisotopic (exact) mass is 489 g/mol. The molecule has 1 aliphatic heterocycles. The van der Waals surface area contributed by atoms with E-state index in [1.807, 2.05) is 18.2 Å². The van der Waals surface area contributed by atoms with Crippen LogP contribution in [0.1, 0.15) is 37.3 Å². The predicted octanol–water partition coefficient (Wildman–Crippen LogP) is 3.16. The SMILES string of the molecule is COc1ccc(N([C@@H](C)C(=O)NCc2ccccc2CN2CCCCC2)S(C)(=O)=O)cc1OC. The van der Waals surface area contributed by atoms with Crippen molar-refractivity contribution in [3.8, 4) is 11.5 Å². The second-order valence-corrected chi connectivity index (χ2v) is 10.5. The Hall–Kier alpha value is -2.78. The molecular formula is C25H35N3O5S. The lowest BCUT2D eigenvalue weighted by molar-refractivity contribution is -0.122. The summed E-state index contributed by atoms with van der Waals surface area (Å²) in [5.41, 5.74) is 2.54. The summed E-state index contributed by atoms with van der Waals surface area (Å²) in [6.45, 7) is 4.94. The Morgan fingerprint density at radius 1 is 1.03 bits per heavy atom. The molecule has 1 amide bonds. The zero-order valence-electron chi connectivity index (χ0n) is 20.4. The van der Waals surface area contributed by atoms with Crippen molar-refractivity contribution in [3.05, 3.63) is 53.6 Å². The van der Waals surface area contributed by atoms with Crippen LogP contribution in [0.15, 0.2) is 42.5 Å². The minimum atomic E-state index is -3.75. The average Bonchev–Trinajstić information content (AvgIpc) is 2.83. The van der Waals surface area contributed by atoms with Crippen LogP contribution in [0.2, 0.25) is 0 Å². The van der Waals surface area contributed by atoms with Gasteiger partial charge in [-0.05, 0) is 56.1 Å². The first-order chi connectivity index (χ1) is 16.2. The number of amides is 1. The molecule has 9 heteroatoms. The van der Waals surface area contributed by atoms with Crippen LogP contribution in [0.3, 0.4) is 0 Å². The summed E-state index contributed by atoms with van der Waals surface area (Å²) in [5.74, 6) is 0.475. The number of carbonyl (C=O) groups is 1. The fraction of sp³-hybridized carbons (Fsp3) is 0.480. The molecule has 2 aromatic rings. The van der Waals surface area contributed by atoms with Crippen LogP contribution in [0, 0.1) is 0 Å².